The Hall–Kier alpha value is -3.01. The molecule has 28 heavy (non-hydrogen) atoms. The second-order valence-corrected chi connectivity index (χ2v) is 7.03. The van der Waals surface area contributed by atoms with Crippen LogP contribution in [0.5, 0.6) is 0 Å². The Morgan fingerprint density at radius 1 is 1.29 bits per heavy atom. The van der Waals surface area contributed by atoms with Crippen LogP contribution in [0.3, 0.4) is 0 Å². The van der Waals surface area contributed by atoms with Gasteiger partial charge in [0.25, 0.3) is 5.91 Å². The minimum atomic E-state index is -0.448. The number of carbonyl (C=O) groups is 2. The van der Waals surface area contributed by atoms with Crippen molar-refractivity contribution in [1.82, 2.24) is 10.2 Å². The molecule has 2 amide bonds. The molecule has 0 radical (unpaired) electrons. The van der Waals surface area contributed by atoms with E-state index in [0.717, 1.165) is 12.8 Å². The van der Waals surface area contributed by atoms with Gasteiger partial charge in [0, 0.05) is 31.0 Å². The molecule has 1 saturated heterocycles. The van der Waals surface area contributed by atoms with Crippen LogP contribution in [0.1, 0.15) is 45.1 Å². The zero-order chi connectivity index (χ0) is 20.5. The maximum atomic E-state index is 12.3. The van der Waals surface area contributed by atoms with Gasteiger partial charge in [-0.05, 0) is 43.4 Å². The summed E-state index contributed by atoms with van der Waals surface area (Å²) in [5, 5.41) is 15.2. The third-order valence-corrected chi connectivity index (χ3v) is 4.68. The molecule has 7 heteroatoms. The van der Waals surface area contributed by atoms with Crippen molar-refractivity contribution in [3.8, 4) is 6.07 Å². The second-order valence-electron chi connectivity index (χ2n) is 7.03. The Bertz CT molecular complexity index is 742. The van der Waals surface area contributed by atoms with E-state index in [4.69, 9.17) is 4.74 Å². The highest BCUT2D eigenvalue weighted by molar-refractivity contribution is 6.06. The van der Waals surface area contributed by atoms with Crippen LogP contribution >= 0.6 is 0 Å². The number of carbonyl (C=O) groups excluding carboxylic acids is 2. The Balaban J connectivity index is 1.87. The predicted octanol–water partition coefficient (Wildman–Crippen LogP) is 3.37. The minimum Gasteiger partial charge on any atom is -0.450 e. The molecular formula is C21H28N4O3. The van der Waals surface area contributed by atoms with Crippen LogP contribution in [0.25, 0.3) is 0 Å². The van der Waals surface area contributed by atoms with Crippen LogP contribution in [0.15, 0.2) is 36.0 Å². The fraction of sp³-hybridized carbons (Fsp3) is 0.476. The van der Waals surface area contributed by atoms with Crippen molar-refractivity contribution in [1.29, 1.82) is 5.26 Å². The summed E-state index contributed by atoms with van der Waals surface area (Å²) in [7, 11) is 0. The van der Waals surface area contributed by atoms with E-state index in [9.17, 15) is 14.9 Å². The number of piperidine rings is 1. The molecule has 0 atom stereocenters. The van der Waals surface area contributed by atoms with Gasteiger partial charge in [0.05, 0.1) is 6.61 Å². The summed E-state index contributed by atoms with van der Waals surface area (Å²) in [5.74, 6) is -0.0324. The average molecular weight is 384 g/mol. The first-order valence-corrected chi connectivity index (χ1v) is 9.64. The van der Waals surface area contributed by atoms with Crippen LogP contribution in [-0.4, -0.2) is 42.6 Å². The highest BCUT2D eigenvalue weighted by Gasteiger charge is 2.23. The third-order valence-electron chi connectivity index (χ3n) is 4.68. The molecule has 2 rings (SSSR count). The quantitative estimate of drug-likeness (QED) is 0.579. The number of rotatable bonds is 6. The monoisotopic (exact) mass is 384 g/mol. The fourth-order valence-electron chi connectivity index (χ4n) is 2.94. The Labute approximate surface area is 166 Å². The van der Waals surface area contributed by atoms with Crippen molar-refractivity contribution >= 4 is 17.7 Å². The third kappa shape index (κ3) is 6.02. The lowest BCUT2D eigenvalue weighted by molar-refractivity contribution is -0.112. The van der Waals surface area contributed by atoms with Gasteiger partial charge in [-0.25, -0.2) is 4.79 Å². The lowest BCUT2D eigenvalue weighted by Crippen LogP contribution is -2.44. The van der Waals surface area contributed by atoms with Gasteiger partial charge in [0.15, 0.2) is 0 Å². The van der Waals surface area contributed by atoms with Gasteiger partial charge in [-0.2, -0.15) is 5.26 Å². The zero-order valence-electron chi connectivity index (χ0n) is 16.7. The SMILES string of the molecule is CCOC(=O)N1CCC(N/C=C(/C#N)C(=O)Nc2ccc(C(C)C)cc2)CC1. The number of amides is 2. The van der Waals surface area contributed by atoms with Gasteiger partial charge in [-0.3, -0.25) is 4.79 Å². The molecule has 1 heterocycles. The van der Waals surface area contributed by atoms with E-state index < -0.39 is 5.91 Å². The standard InChI is InChI=1S/C21H28N4O3/c1-4-28-21(27)25-11-9-18(10-12-25)23-14-17(13-22)20(26)24-19-7-5-16(6-8-19)15(2)3/h5-8,14-15,18,23H,4,9-12H2,1-3H3,(H,24,26)/b17-14-. The van der Waals surface area contributed by atoms with Crippen molar-refractivity contribution in [2.75, 3.05) is 25.0 Å². The molecule has 0 spiro atoms. The number of nitriles is 1. The molecule has 1 aliphatic heterocycles. The van der Waals surface area contributed by atoms with E-state index in [0.29, 0.717) is 31.3 Å². The van der Waals surface area contributed by atoms with E-state index in [-0.39, 0.29) is 17.7 Å². The maximum absolute atomic E-state index is 12.3. The number of likely N-dealkylation sites (tertiary alicyclic amines) is 1. The first-order valence-electron chi connectivity index (χ1n) is 9.64. The summed E-state index contributed by atoms with van der Waals surface area (Å²) in [6.07, 6.45) is 2.62. The topological polar surface area (TPSA) is 94.5 Å². The van der Waals surface area contributed by atoms with E-state index in [2.05, 4.69) is 24.5 Å². The van der Waals surface area contributed by atoms with Gasteiger partial charge in [0.2, 0.25) is 0 Å². The number of hydrogen-bond donors (Lipinski definition) is 2. The predicted molar refractivity (Wildman–Crippen MR) is 108 cm³/mol. The van der Waals surface area contributed by atoms with E-state index >= 15 is 0 Å². The van der Waals surface area contributed by atoms with Crippen molar-refractivity contribution in [2.24, 2.45) is 0 Å². The molecule has 7 nitrogen and oxygen atoms in total. The summed E-state index contributed by atoms with van der Waals surface area (Å²) in [4.78, 5) is 25.7. The molecular weight excluding hydrogens is 356 g/mol. The lowest BCUT2D eigenvalue weighted by atomic mass is 10.0. The second kappa shape index (κ2) is 10.4. The number of nitrogens with one attached hydrogen (secondary N) is 2. The molecule has 1 fully saturated rings. The largest absolute Gasteiger partial charge is 0.450 e. The average Bonchev–Trinajstić information content (AvgIpc) is 2.69. The molecule has 1 aromatic carbocycles. The normalized spacial score (nSPS) is 15.1. The number of benzene rings is 1. The molecule has 0 bridgehead atoms. The Kier molecular flexibility index (Phi) is 7.88. The highest BCUT2D eigenvalue weighted by atomic mass is 16.6. The molecule has 1 aromatic rings. The number of ether oxygens (including phenoxy) is 1. The molecule has 0 aromatic heterocycles. The summed E-state index contributed by atoms with van der Waals surface area (Å²) >= 11 is 0. The maximum Gasteiger partial charge on any atom is 0.409 e. The Morgan fingerprint density at radius 3 is 2.46 bits per heavy atom. The molecule has 1 aliphatic rings. The number of hydrogen-bond acceptors (Lipinski definition) is 5. The molecule has 0 saturated carbocycles. The van der Waals surface area contributed by atoms with Crippen molar-refractivity contribution in [3.63, 3.8) is 0 Å². The van der Waals surface area contributed by atoms with Crippen LogP contribution in [0.2, 0.25) is 0 Å². The number of nitrogens with zero attached hydrogens (tertiary/aromatic N) is 2. The zero-order valence-corrected chi connectivity index (χ0v) is 16.7. The first-order chi connectivity index (χ1) is 13.4. The van der Waals surface area contributed by atoms with Gasteiger partial charge in [-0.15, -0.1) is 0 Å². The van der Waals surface area contributed by atoms with E-state index in [1.165, 1.54) is 11.8 Å². The Morgan fingerprint density at radius 2 is 1.93 bits per heavy atom. The number of anilines is 1. The summed E-state index contributed by atoms with van der Waals surface area (Å²) in [5.41, 5.74) is 1.85. The molecule has 0 unspecified atom stereocenters. The first kappa shape index (κ1) is 21.3. The van der Waals surface area contributed by atoms with Crippen LogP contribution in [0, 0.1) is 11.3 Å². The van der Waals surface area contributed by atoms with Crippen LogP contribution in [0.4, 0.5) is 10.5 Å². The fourth-order valence-corrected chi connectivity index (χ4v) is 2.94. The summed E-state index contributed by atoms with van der Waals surface area (Å²) < 4.78 is 5.00. The minimum absolute atomic E-state index is 0.0146. The molecule has 150 valence electrons. The summed E-state index contributed by atoms with van der Waals surface area (Å²) in [6, 6.07) is 9.64. The van der Waals surface area contributed by atoms with Crippen LogP contribution < -0.4 is 10.6 Å². The smallest absolute Gasteiger partial charge is 0.409 e. The van der Waals surface area contributed by atoms with Crippen molar-refractivity contribution in [3.05, 3.63) is 41.6 Å². The van der Waals surface area contributed by atoms with Crippen molar-refractivity contribution < 1.29 is 14.3 Å². The van der Waals surface area contributed by atoms with Crippen LogP contribution in [-0.2, 0) is 9.53 Å². The molecule has 0 aliphatic carbocycles. The van der Waals surface area contributed by atoms with E-state index in [1.54, 1.807) is 11.8 Å². The highest BCUT2D eigenvalue weighted by Crippen LogP contribution is 2.17. The van der Waals surface area contributed by atoms with Gasteiger partial charge >= 0.3 is 6.09 Å². The van der Waals surface area contributed by atoms with Gasteiger partial charge < -0.3 is 20.3 Å². The van der Waals surface area contributed by atoms with Gasteiger partial charge in [0.1, 0.15) is 11.6 Å². The van der Waals surface area contributed by atoms with E-state index in [1.807, 2.05) is 30.3 Å². The molecule has 2 N–H and O–H groups in total. The summed E-state index contributed by atoms with van der Waals surface area (Å²) in [6.45, 7) is 7.52. The lowest BCUT2D eigenvalue weighted by Gasteiger charge is -2.31. The van der Waals surface area contributed by atoms with Gasteiger partial charge in [-0.1, -0.05) is 26.0 Å². The van der Waals surface area contributed by atoms with Crippen molar-refractivity contribution in [2.45, 2.75) is 45.6 Å².